The zero-order valence-corrected chi connectivity index (χ0v) is 18.2. The second kappa shape index (κ2) is 9.66. The lowest BCUT2D eigenvalue weighted by Gasteiger charge is -2.18. The number of carbonyl (C=O) groups is 1. The van der Waals surface area contributed by atoms with Crippen LogP contribution < -0.4 is 10.2 Å². The molecule has 0 spiro atoms. The van der Waals surface area contributed by atoms with Crippen LogP contribution >= 0.6 is 0 Å². The molecule has 3 aromatic rings. The number of esters is 1. The molecule has 0 atom stereocenters. The standard InChI is InChI=1S/C24H27NO6/c1-5-6-13-25(3)14-19-20(26)12-11-18-21(27)22(15(2)30-23(18)19)31-17-9-7-16(8-10-17)24(28)29-4/h7-12,26H,5-6,13-14H2,1-4H3. The molecule has 7 nitrogen and oxygen atoms in total. The zero-order chi connectivity index (χ0) is 22.5. The number of phenols is 1. The predicted octanol–water partition coefficient (Wildman–Crippen LogP) is 4.62. The number of nitrogens with zero attached hydrogens (tertiary/aromatic N) is 1. The van der Waals surface area contributed by atoms with Crippen molar-refractivity contribution in [3.8, 4) is 17.2 Å². The molecule has 0 bridgehead atoms. The van der Waals surface area contributed by atoms with Crippen molar-refractivity contribution in [1.29, 1.82) is 0 Å². The predicted molar refractivity (Wildman–Crippen MR) is 118 cm³/mol. The van der Waals surface area contributed by atoms with Crippen LogP contribution in [0.25, 0.3) is 11.0 Å². The summed E-state index contributed by atoms with van der Waals surface area (Å²) < 4.78 is 16.4. The van der Waals surface area contributed by atoms with Crippen LogP contribution in [0, 0.1) is 6.92 Å². The fraction of sp³-hybridized carbons (Fsp3) is 0.333. The van der Waals surface area contributed by atoms with Crippen molar-refractivity contribution in [2.75, 3.05) is 20.7 Å². The lowest BCUT2D eigenvalue weighted by molar-refractivity contribution is 0.0600. The van der Waals surface area contributed by atoms with Gasteiger partial charge in [0, 0.05) is 6.54 Å². The minimum absolute atomic E-state index is 0.0642. The van der Waals surface area contributed by atoms with Gasteiger partial charge in [-0.1, -0.05) is 13.3 Å². The van der Waals surface area contributed by atoms with E-state index < -0.39 is 5.97 Å². The van der Waals surface area contributed by atoms with Crippen molar-refractivity contribution in [1.82, 2.24) is 4.90 Å². The maximum Gasteiger partial charge on any atom is 0.337 e. The number of aromatic hydroxyl groups is 1. The van der Waals surface area contributed by atoms with Gasteiger partial charge >= 0.3 is 5.97 Å². The summed E-state index contributed by atoms with van der Waals surface area (Å²) in [6, 6.07) is 9.33. The van der Waals surface area contributed by atoms with E-state index in [0.717, 1.165) is 19.4 Å². The van der Waals surface area contributed by atoms with Gasteiger partial charge in [-0.15, -0.1) is 0 Å². The highest BCUT2D eigenvalue weighted by molar-refractivity contribution is 5.89. The van der Waals surface area contributed by atoms with Crippen LogP contribution in [0.5, 0.6) is 17.2 Å². The highest BCUT2D eigenvalue weighted by Gasteiger charge is 2.19. The van der Waals surface area contributed by atoms with Gasteiger partial charge in [-0.2, -0.15) is 0 Å². The number of rotatable bonds is 8. The molecular weight excluding hydrogens is 398 g/mol. The molecule has 3 rings (SSSR count). The molecular formula is C24H27NO6. The third kappa shape index (κ3) is 4.88. The largest absolute Gasteiger partial charge is 0.507 e. The number of ether oxygens (including phenoxy) is 2. The maximum absolute atomic E-state index is 13.1. The summed E-state index contributed by atoms with van der Waals surface area (Å²) in [4.78, 5) is 26.8. The van der Waals surface area contributed by atoms with Gasteiger partial charge in [0.1, 0.15) is 22.8 Å². The number of aryl methyl sites for hydroxylation is 1. The summed E-state index contributed by atoms with van der Waals surface area (Å²) in [5, 5.41) is 10.7. The first kappa shape index (κ1) is 22.4. The molecule has 0 unspecified atom stereocenters. The van der Waals surface area contributed by atoms with Crippen molar-refractivity contribution >= 4 is 16.9 Å². The van der Waals surface area contributed by atoms with Gasteiger partial charge in [0.25, 0.3) is 0 Å². The van der Waals surface area contributed by atoms with E-state index in [0.29, 0.717) is 40.2 Å². The van der Waals surface area contributed by atoms with Crippen LogP contribution in [0.4, 0.5) is 0 Å². The van der Waals surface area contributed by atoms with E-state index in [1.165, 1.54) is 13.2 Å². The number of carbonyl (C=O) groups excluding carboxylic acids is 1. The molecule has 0 fully saturated rings. The van der Waals surface area contributed by atoms with Gasteiger partial charge < -0.3 is 23.9 Å². The molecule has 2 aromatic carbocycles. The van der Waals surface area contributed by atoms with Crippen LogP contribution in [-0.4, -0.2) is 36.7 Å². The summed E-state index contributed by atoms with van der Waals surface area (Å²) in [6.45, 7) is 5.10. The molecule has 0 aliphatic carbocycles. The molecule has 0 aliphatic rings. The van der Waals surface area contributed by atoms with Crippen molar-refractivity contribution in [2.24, 2.45) is 0 Å². The SMILES string of the molecule is CCCCN(C)Cc1c(O)ccc2c(=O)c(Oc3ccc(C(=O)OC)cc3)c(C)oc12. The number of fused-ring (bicyclic) bond motifs is 1. The summed E-state index contributed by atoms with van der Waals surface area (Å²) in [7, 11) is 3.28. The molecule has 0 saturated carbocycles. The molecule has 0 radical (unpaired) electrons. The number of hydrogen-bond acceptors (Lipinski definition) is 7. The lowest BCUT2D eigenvalue weighted by Crippen LogP contribution is -2.19. The fourth-order valence-electron chi connectivity index (χ4n) is 3.34. The molecule has 0 saturated heterocycles. The van der Waals surface area contributed by atoms with Crippen molar-refractivity contribution in [2.45, 2.75) is 33.2 Å². The number of phenolic OH excluding ortho intramolecular Hbond substituents is 1. The quantitative estimate of drug-likeness (QED) is 0.527. The summed E-state index contributed by atoms with van der Waals surface area (Å²) in [6.07, 6.45) is 2.11. The Bertz CT molecular complexity index is 1130. The van der Waals surface area contributed by atoms with Crippen molar-refractivity contribution in [3.63, 3.8) is 0 Å². The van der Waals surface area contributed by atoms with Crippen LogP contribution in [0.1, 0.15) is 41.4 Å². The number of methoxy groups -OCH3 is 1. The van der Waals surface area contributed by atoms with Gasteiger partial charge in [-0.25, -0.2) is 4.79 Å². The van der Waals surface area contributed by atoms with E-state index in [-0.39, 0.29) is 16.9 Å². The zero-order valence-electron chi connectivity index (χ0n) is 18.2. The monoisotopic (exact) mass is 425 g/mol. The first-order valence-electron chi connectivity index (χ1n) is 10.2. The molecule has 0 amide bonds. The number of benzene rings is 2. The Hall–Kier alpha value is -3.32. The Labute approximate surface area is 180 Å². The molecule has 1 aromatic heterocycles. The Balaban J connectivity index is 1.97. The van der Waals surface area contributed by atoms with E-state index in [4.69, 9.17) is 9.15 Å². The Morgan fingerprint density at radius 2 is 1.87 bits per heavy atom. The van der Waals surface area contributed by atoms with Gasteiger partial charge in [0.05, 0.1) is 23.6 Å². The van der Waals surface area contributed by atoms with E-state index in [2.05, 4.69) is 16.6 Å². The Kier molecular flexibility index (Phi) is 6.97. The summed E-state index contributed by atoms with van der Waals surface area (Å²) in [5.74, 6) is 0.391. The normalized spacial score (nSPS) is 11.1. The highest BCUT2D eigenvalue weighted by atomic mass is 16.5. The fourth-order valence-corrected chi connectivity index (χ4v) is 3.34. The second-order valence-corrected chi connectivity index (χ2v) is 7.47. The van der Waals surface area contributed by atoms with Gasteiger partial charge in [0.2, 0.25) is 11.2 Å². The first-order valence-corrected chi connectivity index (χ1v) is 10.2. The van der Waals surface area contributed by atoms with Crippen LogP contribution in [0.3, 0.4) is 0 Å². The van der Waals surface area contributed by atoms with Crippen molar-refractivity contribution < 1.29 is 23.8 Å². The molecule has 164 valence electrons. The Morgan fingerprint density at radius 3 is 2.52 bits per heavy atom. The van der Waals surface area contributed by atoms with E-state index in [1.807, 2.05) is 7.05 Å². The second-order valence-electron chi connectivity index (χ2n) is 7.47. The van der Waals surface area contributed by atoms with Gasteiger partial charge in [-0.3, -0.25) is 4.79 Å². The number of unbranched alkanes of at least 4 members (excludes halogenated alkanes) is 1. The molecule has 7 heteroatoms. The maximum atomic E-state index is 13.1. The topological polar surface area (TPSA) is 89.2 Å². The first-order chi connectivity index (χ1) is 14.8. The van der Waals surface area contributed by atoms with Crippen LogP contribution in [0.15, 0.2) is 45.6 Å². The van der Waals surface area contributed by atoms with E-state index >= 15 is 0 Å². The molecule has 31 heavy (non-hydrogen) atoms. The summed E-state index contributed by atoms with van der Waals surface area (Å²) in [5.41, 5.74) is 0.988. The molecule has 1 heterocycles. The molecule has 0 aliphatic heterocycles. The third-order valence-corrected chi connectivity index (χ3v) is 5.08. The van der Waals surface area contributed by atoms with Crippen LogP contribution in [-0.2, 0) is 11.3 Å². The van der Waals surface area contributed by atoms with Crippen molar-refractivity contribution in [3.05, 3.63) is 63.5 Å². The highest BCUT2D eigenvalue weighted by Crippen LogP contribution is 2.31. The minimum atomic E-state index is -0.454. The average molecular weight is 425 g/mol. The average Bonchev–Trinajstić information content (AvgIpc) is 2.77. The van der Waals surface area contributed by atoms with Gasteiger partial charge in [0.15, 0.2) is 0 Å². The molecule has 1 N–H and O–H groups in total. The lowest BCUT2D eigenvalue weighted by atomic mass is 10.1. The third-order valence-electron chi connectivity index (χ3n) is 5.08. The smallest absolute Gasteiger partial charge is 0.337 e. The van der Waals surface area contributed by atoms with Gasteiger partial charge in [-0.05, 0) is 63.3 Å². The van der Waals surface area contributed by atoms with Crippen LogP contribution in [0.2, 0.25) is 0 Å². The summed E-state index contributed by atoms with van der Waals surface area (Å²) >= 11 is 0. The van der Waals surface area contributed by atoms with E-state index in [9.17, 15) is 14.7 Å². The number of hydrogen-bond donors (Lipinski definition) is 1. The minimum Gasteiger partial charge on any atom is -0.507 e. The Morgan fingerprint density at radius 1 is 1.16 bits per heavy atom. The van der Waals surface area contributed by atoms with E-state index in [1.54, 1.807) is 37.3 Å².